The zero-order chi connectivity index (χ0) is 17.0. The molecule has 0 atom stereocenters. The molecule has 0 N–H and O–H groups in total. The maximum Gasteiger partial charge on any atom is 0.144 e. The summed E-state index contributed by atoms with van der Waals surface area (Å²) in [5.74, 6) is 0. The van der Waals surface area contributed by atoms with E-state index in [2.05, 4.69) is 121 Å². The molecule has 0 fully saturated rings. The van der Waals surface area contributed by atoms with Crippen LogP contribution in [0, 0.1) is 0 Å². The molecule has 0 bridgehead atoms. The molecule has 136 valence electrons. The van der Waals surface area contributed by atoms with E-state index < -0.39 is 7.26 Å². The van der Waals surface area contributed by atoms with Gasteiger partial charge in [0.15, 0.2) is 0 Å². The minimum Gasteiger partial charge on any atom is -0.147 e. The molecule has 4 aromatic carbocycles. The monoisotopic (exact) mass is 411 g/mol. The number of benzene rings is 4. The summed E-state index contributed by atoms with van der Waals surface area (Å²) in [5, 5.41) is 5.55. The van der Waals surface area contributed by atoms with Crippen LogP contribution in [0.2, 0.25) is 0 Å². The summed E-state index contributed by atoms with van der Waals surface area (Å²) < 4.78 is 0. The van der Waals surface area contributed by atoms with Crippen molar-refractivity contribution in [2.75, 3.05) is 0 Å². The minimum absolute atomic E-state index is 0. The van der Waals surface area contributed by atoms with Crippen LogP contribution in [-0.2, 0) is 0 Å². The van der Waals surface area contributed by atoms with Gasteiger partial charge in [-0.05, 0) is 48.5 Å². The minimum atomic E-state index is -1.91. The summed E-state index contributed by atoms with van der Waals surface area (Å²) >= 11 is 0. The highest BCUT2D eigenvalue weighted by Gasteiger charge is 2.47. The molecule has 0 spiro atoms. The van der Waals surface area contributed by atoms with Gasteiger partial charge in [0.2, 0.25) is 0 Å². The molecule has 0 nitrogen and oxygen atoms in total. The third kappa shape index (κ3) is 3.94. The van der Waals surface area contributed by atoms with E-state index in [9.17, 15) is 0 Å². The lowest BCUT2D eigenvalue weighted by molar-refractivity contribution is 1.71. The predicted molar refractivity (Wildman–Crippen MR) is 126 cm³/mol. The fraction of sp³-hybridized carbons (Fsp3) is 0. The first kappa shape index (κ1) is 21.2. The summed E-state index contributed by atoms with van der Waals surface area (Å²) in [6.07, 6.45) is 0. The molecule has 0 aromatic heterocycles. The summed E-state index contributed by atoms with van der Waals surface area (Å²) in [4.78, 5) is 0. The largest absolute Gasteiger partial charge is 0.147 e. The molecule has 0 amide bonds. The Morgan fingerprint density at radius 2 is 0.481 bits per heavy atom. The van der Waals surface area contributed by atoms with Crippen LogP contribution < -0.4 is 21.2 Å². The smallest absolute Gasteiger partial charge is 0.144 e. The Labute approximate surface area is 174 Å². The average Bonchev–Trinajstić information content (AvgIpc) is 2.72. The normalized spacial score (nSPS) is 10.4. The van der Waals surface area contributed by atoms with Crippen molar-refractivity contribution in [2.45, 2.75) is 0 Å². The van der Waals surface area contributed by atoms with Crippen LogP contribution in [0.15, 0.2) is 121 Å². The van der Waals surface area contributed by atoms with Gasteiger partial charge in [0.25, 0.3) is 0 Å². The van der Waals surface area contributed by atoms with Crippen molar-refractivity contribution in [1.82, 2.24) is 0 Å². The van der Waals surface area contributed by atoms with Gasteiger partial charge >= 0.3 is 0 Å². The average molecular weight is 412 g/mol. The number of rotatable bonds is 4. The summed E-state index contributed by atoms with van der Waals surface area (Å²) in [6, 6.07) is 43.8. The first-order chi connectivity index (χ1) is 12.4. The quantitative estimate of drug-likeness (QED) is 0.407. The van der Waals surface area contributed by atoms with Crippen molar-refractivity contribution in [3.05, 3.63) is 121 Å². The second-order valence-electron chi connectivity index (χ2n) is 6.01. The van der Waals surface area contributed by atoms with Crippen molar-refractivity contribution in [1.29, 1.82) is 0 Å². The second kappa shape index (κ2) is 9.72. The Kier molecular flexibility index (Phi) is 7.63. The van der Waals surface area contributed by atoms with E-state index in [4.69, 9.17) is 0 Å². The van der Waals surface area contributed by atoms with Gasteiger partial charge in [-0.25, -0.2) is 0 Å². The van der Waals surface area contributed by atoms with E-state index in [0.29, 0.717) is 0 Å². The first-order valence-electron chi connectivity index (χ1n) is 8.54. The van der Waals surface area contributed by atoms with E-state index in [-0.39, 0.29) is 24.8 Å². The summed E-state index contributed by atoms with van der Waals surface area (Å²) in [5.41, 5.74) is 0. The fourth-order valence-corrected chi connectivity index (χ4v) is 7.77. The van der Waals surface area contributed by atoms with Crippen LogP contribution in [0.4, 0.5) is 0 Å². The van der Waals surface area contributed by atoms with Crippen molar-refractivity contribution >= 4 is 53.3 Å². The molecular weight excluding hydrogens is 390 g/mol. The van der Waals surface area contributed by atoms with Crippen LogP contribution in [0.5, 0.6) is 0 Å². The van der Waals surface area contributed by atoms with Crippen molar-refractivity contribution < 1.29 is 0 Å². The molecule has 0 saturated carbocycles. The summed E-state index contributed by atoms with van der Waals surface area (Å²) in [6.45, 7) is 0. The zero-order valence-corrected chi connectivity index (χ0v) is 17.3. The van der Waals surface area contributed by atoms with Gasteiger partial charge in [-0.15, -0.1) is 24.8 Å². The Morgan fingerprint density at radius 3 is 0.667 bits per heavy atom. The van der Waals surface area contributed by atoms with Crippen LogP contribution in [-0.4, -0.2) is 0 Å². The van der Waals surface area contributed by atoms with Gasteiger partial charge < -0.3 is 0 Å². The Bertz CT molecular complexity index is 763. The number of halogens is 2. The van der Waals surface area contributed by atoms with Crippen LogP contribution in [0.1, 0.15) is 0 Å². The topological polar surface area (TPSA) is 0 Å². The SMILES string of the molecule is Cl.Cl.c1ccc([P+](c2ccccc2)(c2ccccc2)c2ccccc2)cc1. The van der Waals surface area contributed by atoms with Crippen LogP contribution >= 0.6 is 32.1 Å². The van der Waals surface area contributed by atoms with Crippen molar-refractivity contribution in [3.8, 4) is 0 Å². The molecular formula is C24H22Cl2P+. The maximum atomic E-state index is 2.28. The lowest BCUT2D eigenvalue weighted by Gasteiger charge is -2.27. The lowest BCUT2D eigenvalue weighted by Crippen LogP contribution is -2.38. The fourth-order valence-electron chi connectivity index (χ4n) is 3.50. The lowest BCUT2D eigenvalue weighted by atomic mass is 10.3. The molecule has 4 rings (SSSR count). The van der Waals surface area contributed by atoms with Crippen LogP contribution in [0.3, 0.4) is 0 Å². The molecule has 0 saturated heterocycles. The van der Waals surface area contributed by atoms with E-state index in [1.54, 1.807) is 0 Å². The van der Waals surface area contributed by atoms with Gasteiger partial charge in [0.05, 0.1) is 0 Å². The van der Waals surface area contributed by atoms with Crippen molar-refractivity contribution in [2.24, 2.45) is 0 Å². The Hall–Kier alpha value is -2.11. The molecule has 0 aliphatic carbocycles. The Morgan fingerprint density at radius 1 is 0.296 bits per heavy atom. The number of hydrogen-bond donors (Lipinski definition) is 0. The molecule has 0 unspecified atom stereocenters. The van der Waals surface area contributed by atoms with Gasteiger partial charge in [-0.2, -0.15) is 0 Å². The molecule has 3 heteroatoms. The van der Waals surface area contributed by atoms with E-state index in [1.165, 1.54) is 21.2 Å². The van der Waals surface area contributed by atoms with E-state index >= 15 is 0 Å². The third-order valence-corrected chi connectivity index (χ3v) is 8.86. The Balaban J connectivity index is 0.00000131. The van der Waals surface area contributed by atoms with Crippen LogP contribution in [0.25, 0.3) is 0 Å². The zero-order valence-electron chi connectivity index (χ0n) is 14.8. The van der Waals surface area contributed by atoms with Gasteiger partial charge in [0.1, 0.15) is 28.5 Å². The molecule has 0 aliphatic heterocycles. The number of hydrogen-bond acceptors (Lipinski definition) is 0. The molecule has 27 heavy (non-hydrogen) atoms. The highest BCUT2D eigenvalue weighted by atomic mass is 35.5. The second-order valence-corrected chi connectivity index (χ2v) is 9.42. The predicted octanol–water partition coefficient (Wildman–Crippen LogP) is 5.15. The highest BCUT2D eigenvalue weighted by Crippen LogP contribution is 2.53. The van der Waals surface area contributed by atoms with E-state index in [1.807, 2.05) is 0 Å². The highest BCUT2D eigenvalue weighted by molar-refractivity contribution is 8.01. The third-order valence-electron chi connectivity index (χ3n) is 4.57. The first-order valence-corrected chi connectivity index (χ1v) is 10.3. The summed E-state index contributed by atoms with van der Waals surface area (Å²) in [7, 11) is -1.91. The standard InChI is InChI=1S/C24H20P.2ClH/c1-5-13-21(14-6-1)25(22-15-7-2-8-16-22,23-17-9-3-10-18-23)24-19-11-4-12-20-24;;/h1-20H;2*1H/q+1;;. The van der Waals surface area contributed by atoms with E-state index in [0.717, 1.165) is 0 Å². The molecule has 0 aliphatic rings. The van der Waals surface area contributed by atoms with Gasteiger partial charge in [0, 0.05) is 0 Å². The van der Waals surface area contributed by atoms with Crippen molar-refractivity contribution in [3.63, 3.8) is 0 Å². The van der Waals surface area contributed by atoms with Gasteiger partial charge in [-0.3, -0.25) is 0 Å². The molecule has 0 heterocycles. The molecule has 4 aromatic rings. The van der Waals surface area contributed by atoms with Gasteiger partial charge in [-0.1, -0.05) is 72.8 Å². The molecule has 0 radical (unpaired) electrons. The maximum absolute atomic E-state index is 2.28.